The van der Waals surface area contributed by atoms with Gasteiger partial charge in [-0.25, -0.2) is 0 Å². The van der Waals surface area contributed by atoms with Crippen molar-refractivity contribution in [3.8, 4) is 5.75 Å². The SMILES string of the molecule is COc1ccc(CN2C(=O)c3cccc(Cl)c3C23CCNCC3)cc1. The van der Waals surface area contributed by atoms with Gasteiger partial charge in [0.1, 0.15) is 5.75 Å². The molecule has 4 nitrogen and oxygen atoms in total. The molecule has 0 radical (unpaired) electrons. The Kier molecular flexibility index (Phi) is 4.18. The summed E-state index contributed by atoms with van der Waals surface area (Å²) in [5.74, 6) is 0.898. The van der Waals surface area contributed by atoms with Crippen molar-refractivity contribution in [1.29, 1.82) is 0 Å². The second-order valence-corrected chi connectivity index (χ2v) is 7.09. The van der Waals surface area contributed by atoms with E-state index in [4.69, 9.17) is 16.3 Å². The Morgan fingerprint density at radius 1 is 1.16 bits per heavy atom. The molecule has 5 heteroatoms. The lowest BCUT2D eigenvalue weighted by Crippen LogP contribution is -2.50. The number of carbonyl (C=O) groups is 1. The molecule has 4 rings (SSSR count). The lowest BCUT2D eigenvalue weighted by atomic mass is 9.81. The zero-order valence-corrected chi connectivity index (χ0v) is 15.0. The number of piperidine rings is 1. The fourth-order valence-electron chi connectivity index (χ4n) is 4.15. The molecule has 0 aliphatic carbocycles. The van der Waals surface area contributed by atoms with Crippen LogP contribution in [0.1, 0.15) is 34.3 Å². The van der Waals surface area contributed by atoms with E-state index in [0.717, 1.165) is 48.4 Å². The van der Waals surface area contributed by atoms with Gasteiger partial charge >= 0.3 is 0 Å². The highest BCUT2D eigenvalue weighted by atomic mass is 35.5. The molecular weight excluding hydrogens is 336 g/mol. The molecule has 0 saturated carbocycles. The smallest absolute Gasteiger partial charge is 0.255 e. The van der Waals surface area contributed by atoms with Crippen LogP contribution in [0.2, 0.25) is 5.02 Å². The van der Waals surface area contributed by atoms with Crippen molar-refractivity contribution in [2.24, 2.45) is 0 Å². The molecule has 0 unspecified atom stereocenters. The third kappa shape index (κ3) is 2.60. The summed E-state index contributed by atoms with van der Waals surface area (Å²) in [6.07, 6.45) is 1.76. The van der Waals surface area contributed by atoms with E-state index in [1.54, 1.807) is 7.11 Å². The van der Waals surface area contributed by atoms with Gasteiger partial charge in [0.2, 0.25) is 0 Å². The number of nitrogens with one attached hydrogen (secondary N) is 1. The van der Waals surface area contributed by atoms with Crippen LogP contribution in [0.3, 0.4) is 0 Å². The standard InChI is InChI=1S/C20H21ClN2O2/c1-25-15-7-5-14(6-8-15)13-23-19(24)16-3-2-4-17(21)18(16)20(23)9-11-22-12-10-20/h2-8,22H,9-13H2,1H3. The van der Waals surface area contributed by atoms with Crippen molar-refractivity contribution < 1.29 is 9.53 Å². The zero-order valence-electron chi connectivity index (χ0n) is 14.2. The van der Waals surface area contributed by atoms with Gasteiger partial charge in [0.05, 0.1) is 12.6 Å². The van der Waals surface area contributed by atoms with Crippen LogP contribution in [0.5, 0.6) is 5.75 Å². The van der Waals surface area contributed by atoms with Gasteiger partial charge in [0, 0.05) is 22.7 Å². The Labute approximate surface area is 152 Å². The van der Waals surface area contributed by atoms with Crippen LogP contribution in [0.4, 0.5) is 0 Å². The van der Waals surface area contributed by atoms with Crippen LogP contribution in [-0.2, 0) is 12.1 Å². The predicted molar refractivity (Wildman–Crippen MR) is 98.1 cm³/mol. The Morgan fingerprint density at radius 2 is 1.88 bits per heavy atom. The maximum Gasteiger partial charge on any atom is 0.255 e. The Morgan fingerprint density at radius 3 is 2.56 bits per heavy atom. The summed E-state index contributed by atoms with van der Waals surface area (Å²) in [6.45, 7) is 2.35. The van der Waals surface area contributed by atoms with E-state index in [1.165, 1.54) is 0 Å². The molecule has 0 bridgehead atoms. The van der Waals surface area contributed by atoms with E-state index in [0.29, 0.717) is 11.6 Å². The highest BCUT2D eigenvalue weighted by Gasteiger charge is 2.50. The maximum absolute atomic E-state index is 13.2. The van der Waals surface area contributed by atoms with E-state index in [-0.39, 0.29) is 11.4 Å². The van der Waals surface area contributed by atoms with Crippen LogP contribution in [0.15, 0.2) is 42.5 Å². The van der Waals surface area contributed by atoms with Crippen LogP contribution in [-0.4, -0.2) is 31.0 Å². The van der Waals surface area contributed by atoms with Crippen LogP contribution < -0.4 is 10.1 Å². The van der Waals surface area contributed by atoms with E-state index in [1.807, 2.05) is 47.4 Å². The molecule has 1 saturated heterocycles. The van der Waals surface area contributed by atoms with Crippen molar-refractivity contribution in [2.45, 2.75) is 24.9 Å². The molecular formula is C20H21ClN2O2. The topological polar surface area (TPSA) is 41.6 Å². The monoisotopic (exact) mass is 356 g/mol. The Balaban J connectivity index is 1.75. The first-order valence-corrected chi connectivity index (χ1v) is 8.98. The van der Waals surface area contributed by atoms with Gasteiger partial charge in [-0.1, -0.05) is 29.8 Å². The van der Waals surface area contributed by atoms with Crippen molar-refractivity contribution in [2.75, 3.05) is 20.2 Å². The first kappa shape index (κ1) is 16.4. The first-order valence-electron chi connectivity index (χ1n) is 8.60. The van der Waals surface area contributed by atoms with Crippen molar-refractivity contribution >= 4 is 17.5 Å². The molecule has 2 heterocycles. The number of hydrogen-bond donors (Lipinski definition) is 1. The summed E-state index contributed by atoms with van der Waals surface area (Å²) in [5, 5.41) is 4.10. The van der Waals surface area contributed by atoms with Gasteiger partial charge in [-0.2, -0.15) is 0 Å². The number of methoxy groups -OCH3 is 1. The third-order valence-corrected chi connectivity index (χ3v) is 5.72. The molecule has 2 aromatic rings. The molecule has 130 valence electrons. The average Bonchev–Trinajstić information content (AvgIpc) is 2.87. The Bertz CT molecular complexity index is 798. The number of carbonyl (C=O) groups excluding carboxylic acids is 1. The molecule has 25 heavy (non-hydrogen) atoms. The van der Waals surface area contributed by atoms with E-state index in [9.17, 15) is 4.79 Å². The van der Waals surface area contributed by atoms with Crippen LogP contribution in [0, 0.1) is 0 Å². The fraction of sp³-hybridized carbons (Fsp3) is 0.350. The number of amides is 1. The third-order valence-electron chi connectivity index (χ3n) is 5.40. The van der Waals surface area contributed by atoms with Gasteiger partial charge < -0.3 is 15.0 Å². The Hall–Kier alpha value is -2.04. The number of hydrogen-bond acceptors (Lipinski definition) is 3. The van der Waals surface area contributed by atoms with Crippen molar-refractivity contribution in [3.63, 3.8) is 0 Å². The molecule has 2 aliphatic rings. The van der Waals surface area contributed by atoms with E-state index >= 15 is 0 Å². The van der Waals surface area contributed by atoms with Gasteiger partial charge in [-0.15, -0.1) is 0 Å². The van der Waals surface area contributed by atoms with E-state index < -0.39 is 0 Å². The minimum Gasteiger partial charge on any atom is -0.497 e. The lowest BCUT2D eigenvalue weighted by molar-refractivity contribution is 0.0413. The molecule has 2 aliphatic heterocycles. The number of halogens is 1. The predicted octanol–water partition coefficient (Wildman–Crippen LogP) is 3.58. The minimum absolute atomic E-state index is 0.0789. The second kappa shape index (κ2) is 6.36. The highest BCUT2D eigenvalue weighted by Crippen LogP contribution is 2.48. The lowest BCUT2D eigenvalue weighted by Gasteiger charge is -2.43. The molecule has 0 aromatic heterocycles. The molecule has 2 aromatic carbocycles. The van der Waals surface area contributed by atoms with Crippen LogP contribution >= 0.6 is 11.6 Å². The summed E-state index contributed by atoms with van der Waals surface area (Å²) < 4.78 is 5.23. The quantitative estimate of drug-likeness (QED) is 0.913. The number of ether oxygens (including phenoxy) is 1. The molecule has 1 N–H and O–H groups in total. The molecule has 1 fully saturated rings. The maximum atomic E-state index is 13.2. The summed E-state index contributed by atoms with van der Waals surface area (Å²) in [7, 11) is 1.65. The summed E-state index contributed by atoms with van der Waals surface area (Å²) in [5.41, 5.74) is 2.55. The van der Waals surface area contributed by atoms with Gasteiger partial charge in [-0.05, 0) is 55.8 Å². The number of fused-ring (bicyclic) bond motifs is 2. The van der Waals surface area contributed by atoms with E-state index in [2.05, 4.69) is 5.32 Å². The van der Waals surface area contributed by atoms with Crippen LogP contribution in [0.25, 0.3) is 0 Å². The largest absolute Gasteiger partial charge is 0.497 e. The number of benzene rings is 2. The second-order valence-electron chi connectivity index (χ2n) is 6.68. The van der Waals surface area contributed by atoms with Crippen molar-refractivity contribution in [3.05, 3.63) is 64.2 Å². The summed E-state index contributed by atoms with van der Waals surface area (Å²) >= 11 is 6.55. The summed E-state index contributed by atoms with van der Waals surface area (Å²) in [4.78, 5) is 15.2. The molecule has 1 spiro atoms. The normalized spacial score (nSPS) is 18.5. The summed E-state index contributed by atoms with van der Waals surface area (Å²) in [6, 6.07) is 13.6. The fourth-order valence-corrected chi connectivity index (χ4v) is 4.50. The number of nitrogens with zero attached hydrogens (tertiary/aromatic N) is 1. The minimum atomic E-state index is -0.310. The number of rotatable bonds is 3. The van der Waals surface area contributed by atoms with Gasteiger partial charge in [-0.3, -0.25) is 4.79 Å². The first-order chi connectivity index (χ1) is 12.2. The molecule has 1 amide bonds. The highest BCUT2D eigenvalue weighted by molar-refractivity contribution is 6.32. The molecule has 0 atom stereocenters. The van der Waals surface area contributed by atoms with Gasteiger partial charge in [0.25, 0.3) is 5.91 Å². The van der Waals surface area contributed by atoms with Gasteiger partial charge in [0.15, 0.2) is 0 Å². The zero-order chi connectivity index (χ0) is 17.4. The average molecular weight is 357 g/mol. The van der Waals surface area contributed by atoms with Crippen molar-refractivity contribution in [1.82, 2.24) is 10.2 Å².